The van der Waals surface area contributed by atoms with Crippen LogP contribution < -0.4 is 0 Å². The average molecular weight is 544 g/mol. The molecule has 0 radical (unpaired) electrons. The molecule has 2 amide bonds. The van der Waals surface area contributed by atoms with Gasteiger partial charge >= 0.3 is 0 Å². The fraction of sp³-hybridized carbons (Fsp3) is 0.588. The first-order valence-electron chi connectivity index (χ1n) is 15.6. The van der Waals surface area contributed by atoms with Crippen LogP contribution in [0.25, 0.3) is 0 Å². The van der Waals surface area contributed by atoms with Gasteiger partial charge in [0.2, 0.25) is 5.91 Å². The summed E-state index contributed by atoms with van der Waals surface area (Å²) >= 11 is 0. The Morgan fingerprint density at radius 2 is 1.40 bits per heavy atom. The van der Waals surface area contributed by atoms with Crippen molar-refractivity contribution < 1.29 is 14.4 Å². The Morgan fingerprint density at radius 3 is 1.98 bits per heavy atom. The molecule has 0 bridgehead atoms. The fourth-order valence-corrected chi connectivity index (χ4v) is 8.61. The Morgan fingerprint density at radius 1 is 0.850 bits per heavy atom. The first-order chi connectivity index (χ1) is 19.5. The van der Waals surface area contributed by atoms with Gasteiger partial charge in [0.05, 0.1) is 23.6 Å². The van der Waals surface area contributed by atoms with Crippen LogP contribution in [0.4, 0.5) is 0 Å². The lowest BCUT2D eigenvalue weighted by atomic mass is 9.63. The molecule has 2 saturated carbocycles. The van der Waals surface area contributed by atoms with Crippen molar-refractivity contribution in [1.29, 1.82) is 0 Å². The molecule has 6 heteroatoms. The van der Waals surface area contributed by atoms with Gasteiger partial charge in [-0.3, -0.25) is 14.4 Å². The zero-order valence-corrected chi connectivity index (χ0v) is 24.2. The minimum Gasteiger partial charge on any atom is -0.295 e. The molecule has 0 N–H and O–H groups in total. The lowest BCUT2D eigenvalue weighted by Crippen LogP contribution is -2.60. The van der Waals surface area contributed by atoms with Crippen molar-refractivity contribution in [2.24, 2.45) is 17.8 Å². The summed E-state index contributed by atoms with van der Waals surface area (Å²) in [4.78, 5) is 35.3. The van der Waals surface area contributed by atoms with Gasteiger partial charge in [-0.05, 0) is 55.6 Å². The van der Waals surface area contributed by atoms with Gasteiger partial charge in [-0.25, -0.2) is 5.01 Å². The van der Waals surface area contributed by atoms with Gasteiger partial charge in [-0.1, -0.05) is 99.2 Å². The second-order valence-electron chi connectivity index (χ2n) is 12.7. The summed E-state index contributed by atoms with van der Waals surface area (Å²) in [6.45, 7) is 2.55. The maximum Gasteiger partial charge on any atom is 0.251 e. The fourth-order valence-electron chi connectivity index (χ4n) is 8.61. The van der Waals surface area contributed by atoms with Gasteiger partial charge in [0, 0.05) is 20.0 Å². The van der Waals surface area contributed by atoms with Gasteiger partial charge in [0.15, 0.2) is 0 Å². The van der Waals surface area contributed by atoms with Crippen LogP contribution in [0.5, 0.6) is 0 Å². The average Bonchev–Trinajstić information content (AvgIpc) is 3.46. The molecule has 214 valence electrons. The number of carbonyl (C=O) groups is 2. The first kappa shape index (κ1) is 27.6. The topological polar surface area (TPSA) is 53.1 Å². The summed E-state index contributed by atoms with van der Waals surface area (Å²) in [6.07, 6.45) is 12.1. The van der Waals surface area contributed by atoms with Crippen molar-refractivity contribution in [2.75, 3.05) is 7.05 Å². The zero-order chi connectivity index (χ0) is 27.7. The Balaban J connectivity index is 1.43. The molecule has 2 aromatic carbocycles. The second kappa shape index (κ2) is 11.8. The van der Waals surface area contributed by atoms with Crippen molar-refractivity contribution in [3.8, 4) is 0 Å². The van der Waals surface area contributed by atoms with Crippen molar-refractivity contribution in [2.45, 2.75) is 102 Å². The molecular weight excluding hydrogens is 498 g/mol. The molecule has 2 saturated heterocycles. The number of hydrogen-bond donors (Lipinski definition) is 0. The van der Waals surface area contributed by atoms with Crippen LogP contribution in [-0.2, 0) is 21.0 Å². The van der Waals surface area contributed by atoms with Crippen LogP contribution in [0.15, 0.2) is 60.7 Å². The number of nitrogens with zero attached hydrogens (tertiary/aromatic N) is 3. The van der Waals surface area contributed by atoms with E-state index in [4.69, 9.17) is 4.84 Å². The SMILES string of the molecule is C[C@@H]1ON(C)[C@@H](c2ccccc2)[C@H]1C(=O)N1C(=O)CC(C2CCCCC2)(C2CCCCC2)N1Cc1ccccc1. The van der Waals surface area contributed by atoms with E-state index in [0.717, 1.165) is 36.8 Å². The van der Waals surface area contributed by atoms with Crippen molar-refractivity contribution in [3.05, 3.63) is 71.8 Å². The van der Waals surface area contributed by atoms with Gasteiger partial charge in [-0.15, -0.1) is 0 Å². The lowest BCUT2D eigenvalue weighted by Gasteiger charge is -2.52. The summed E-state index contributed by atoms with van der Waals surface area (Å²) < 4.78 is 0. The summed E-state index contributed by atoms with van der Waals surface area (Å²) in [7, 11) is 1.91. The summed E-state index contributed by atoms with van der Waals surface area (Å²) in [5, 5.41) is 5.74. The van der Waals surface area contributed by atoms with Gasteiger partial charge in [0.1, 0.15) is 0 Å². The van der Waals surface area contributed by atoms with Gasteiger partial charge in [-0.2, -0.15) is 10.1 Å². The van der Waals surface area contributed by atoms with Crippen molar-refractivity contribution in [3.63, 3.8) is 0 Å². The highest BCUT2D eigenvalue weighted by Crippen LogP contribution is 2.53. The highest BCUT2D eigenvalue weighted by molar-refractivity contribution is 5.98. The Bertz CT molecular complexity index is 1140. The predicted molar refractivity (Wildman–Crippen MR) is 155 cm³/mol. The Kier molecular flexibility index (Phi) is 8.11. The van der Waals surface area contributed by atoms with Crippen LogP contribution in [0.2, 0.25) is 0 Å². The van der Waals surface area contributed by atoms with Crippen LogP contribution in [0, 0.1) is 17.8 Å². The van der Waals surface area contributed by atoms with E-state index in [-0.39, 0.29) is 29.5 Å². The molecule has 0 unspecified atom stereocenters. The summed E-state index contributed by atoms with van der Waals surface area (Å²) in [5.41, 5.74) is 1.89. The molecule has 4 fully saturated rings. The van der Waals surface area contributed by atoms with Crippen LogP contribution >= 0.6 is 0 Å². The minimum atomic E-state index is -0.469. The molecule has 3 atom stereocenters. The van der Waals surface area contributed by atoms with Gasteiger partial charge in [0.25, 0.3) is 5.91 Å². The molecule has 4 aliphatic rings. The third-order valence-corrected chi connectivity index (χ3v) is 10.4. The molecule has 2 aromatic rings. The molecule has 2 heterocycles. The first-order valence-corrected chi connectivity index (χ1v) is 15.6. The normalized spacial score (nSPS) is 28.8. The van der Waals surface area contributed by atoms with Gasteiger partial charge < -0.3 is 0 Å². The highest BCUT2D eigenvalue weighted by atomic mass is 16.7. The monoisotopic (exact) mass is 543 g/mol. The molecular formula is C34H45N3O3. The summed E-state index contributed by atoms with van der Waals surface area (Å²) in [5.74, 6) is 0.258. The third kappa shape index (κ3) is 4.93. The van der Waals surface area contributed by atoms with Crippen molar-refractivity contribution in [1.82, 2.24) is 15.1 Å². The number of imide groups is 1. The lowest BCUT2D eigenvalue weighted by molar-refractivity contribution is -0.175. The highest BCUT2D eigenvalue weighted by Gasteiger charge is 2.61. The van der Waals surface area contributed by atoms with E-state index < -0.39 is 5.92 Å². The predicted octanol–water partition coefficient (Wildman–Crippen LogP) is 6.68. The number of hydroxylamine groups is 2. The Labute approximate surface area is 239 Å². The molecule has 40 heavy (non-hydrogen) atoms. The number of benzene rings is 2. The Hall–Kier alpha value is -2.54. The number of carbonyl (C=O) groups excluding carboxylic acids is 2. The van der Waals surface area contributed by atoms with E-state index in [2.05, 4.69) is 41.4 Å². The largest absolute Gasteiger partial charge is 0.295 e. The van der Waals surface area contributed by atoms with Crippen LogP contribution in [0.1, 0.15) is 94.7 Å². The molecule has 2 aliphatic heterocycles. The van der Waals surface area contributed by atoms with Crippen LogP contribution in [-0.4, -0.2) is 45.6 Å². The van der Waals surface area contributed by atoms with E-state index in [9.17, 15) is 9.59 Å². The zero-order valence-electron chi connectivity index (χ0n) is 24.2. The van der Waals surface area contributed by atoms with E-state index in [0.29, 0.717) is 24.8 Å². The third-order valence-electron chi connectivity index (χ3n) is 10.4. The number of hydrazine groups is 1. The van der Waals surface area contributed by atoms with E-state index in [1.807, 2.05) is 43.3 Å². The maximum absolute atomic E-state index is 14.8. The van der Waals surface area contributed by atoms with Crippen molar-refractivity contribution >= 4 is 11.8 Å². The standard InChI is InChI=1S/C34H45N3O3/c1-25-31(32(35(2)40-25)27-17-9-4-10-18-27)33(39)37-30(38)23-34(28-19-11-5-12-20-28,29-21-13-6-14-22-29)36(37)24-26-15-7-3-8-16-26/h3-4,7-10,15-18,25,28-29,31-32H,5-6,11-14,19-24H2,1-2H3/t25-,31-,32-/m0/s1. The minimum absolute atomic E-state index is 0.0226. The quantitative estimate of drug-likeness (QED) is 0.380. The van der Waals surface area contributed by atoms with E-state index in [1.54, 1.807) is 5.01 Å². The molecule has 0 aromatic heterocycles. The number of amides is 2. The van der Waals surface area contributed by atoms with E-state index >= 15 is 0 Å². The smallest absolute Gasteiger partial charge is 0.251 e. The number of rotatable bonds is 6. The molecule has 2 aliphatic carbocycles. The second-order valence-corrected chi connectivity index (χ2v) is 12.7. The summed E-state index contributed by atoms with van der Waals surface area (Å²) in [6, 6.07) is 20.3. The molecule has 6 nitrogen and oxygen atoms in total. The molecule has 6 rings (SSSR count). The maximum atomic E-state index is 14.8. The van der Waals surface area contributed by atoms with Crippen LogP contribution in [0.3, 0.4) is 0 Å². The molecule has 0 spiro atoms. The number of hydrogen-bond acceptors (Lipinski definition) is 5. The van der Waals surface area contributed by atoms with E-state index in [1.165, 1.54) is 38.5 Å².